The lowest BCUT2D eigenvalue weighted by atomic mass is 10.0. The zero-order valence-electron chi connectivity index (χ0n) is 19.6. The molecule has 0 aromatic rings. The summed E-state index contributed by atoms with van der Waals surface area (Å²) in [6.45, 7) is 16.7. The van der Waals surface area contributed by atoms with Crippen LogP contribution in [0.25, 0.3) is 0 Å². The molecule has 3 atom stereocenters. The second-order valence-corrected chi connectivity index (χ2v) is 14.9. The van der Waals surface area contributed by atoms with E-state index >= 15 is 0 Å². The molecule has 0 aromatic carbocycles. The minimum Gasteiger partial charge on any atom is -0.480 e. The Morgan fingerprint density at radius 3 is 2.21 bits per heavy atom. The topological polar surface area (TPSA) is 87.2 Å². The van der Waals surface area contributed by atoms with Crippen LogP contribution < -0.4 is 0 Å². The fourth-order valence-electron chi connectivity index (χ4n) is 3.45. The molecule has 0 radical (unpaired) electrons. The van der Waals surface area contributed by atoms with Gasteiger partial charge in [0.25, 0.3) is 5.91 Å². The highest BCUT2D eigenvalue weighted by Gasteiger charge is 2.43. The van der Waals surface area contributed by atoms with Crippen molar-refractivity contribution in [1.82, 2.24) is 9.80 Å². The van der Waals surface area contributed by atoms with Gasteiger partial charge in [-0.3, -0.25) is 9.59 Å². The highest BCUT2D eigenvalue weighted by Crippen LogP contribution is 2.37. The van der Waals surface area contributed by atoms with Crippen LogP contribution in [-0.4, -0.2) is 72.8 Å². The Kier molecular flexibility index (Phi) is 8.48. The van der Waals surface area contributed by atoms with Crippen LogP contribution in [0.5, 0.6) is 0 Å². The molecule has 0 spiro atoms. The molecule has 2 amide bonds. The minimum absolute atomic E-state index is 0.0203. The molecule has 0 unspecified atom stereocenters. The van der Waals surface area contributed by atoms with Gasteiger partial charge in [-0.25, -0.2) is 4.79 Å². The van der Waals surface area contributed by atoms with Crippen molar-refractivity contribution in [3.63, 3.8) is 0 Å². The number of nitrogens with zero attached hydrogens (tertiary/aromatic N) is 2. The van der Waals surface area contributed by atoms with E-state index in [1.165, 1.54) is 11.9 Å². The molecule has 8 heteroatoms. The Morgan fingerprint density at radius 1 is 1.21 bits per heavy atom. The van der Waals surface area contributed by atoms with Crippen molar-refractivity contribution >= 4 is 26.1 Å². The monoisotopic (exact) mass is 428 g/mol. The number of carbonyl (C=O) groups is 3. The molecule has 0 saturated carbocycles. The number of rotatable bonds is 8. The molecule has 1 aliphatic rings. The van der Waals surface area contributed by atoms with Crippen LogP contribution in [-0.2, 0) is 18.8 Å². The van der Waals surface area contributed by atoms with Gasteiger partial charge in [-0.2, -0.15) is 0 Å². The van der Waals surface area contributed by atoms with Crippen molar-refractivity contribution in [1.29, 1.82) is 0 Å². The Morgan fingerprint density at radius 2 is 1.76 bits per heavy atom. The van der Waals surface area contributed by atoms with Crippen LogP contribution in [0.1, 0.15) is 60.8 Å². The second kappa shape index (κ2) is 9.60. The van der Waals surface area contributed by atoms with Gasteiger partial charge in [-0.05, 0) is 50.2 Å². The van der Waals surface area contributed by atoms with E-state index in [1.54, 1.807) is 11.8 Å². The number of aliphatic carboxylic acids is 1. The third-order valence-corrected chi connectivity index (χ3v) is 10.8. The first-order valence-electron chi connectivity index (χ1n) is 10.6. The highest BCUT2D eigenvalue weighted by atomic mass is 28.4. The van der Waals surface area contributed by atoms with Gasteiger partial charge in [0.2, 0.25) is 5.91 Å². The lowest BCUT2D eigenvalue weighted by Crippen LogP contribution is -2.54. The first-order valence-corrected chi connectivity index (χ1v) is 13.5. The average molecular weight is 429 g/mol. The van der Waals surface area contributed by atoms with Crippen LogP contribution in [0.2, 0.25) is 18.1 Å². The van der Waals surface area contributed by atoms with Gasteiger partial charge in [-0.15, -0.1) is 0 Å². The summed E-state index contributed by atoms with van der Waals surface area (Å²) < 4.78 is 6.23. The first kappa shape index (κ1) is 25.6. The fourth-order valence-corrected chi connectivity index (χ4v) is 4.79. The number of amides is 2. The summed E-state index contributed by atoms with van der Waals surface area (Å²) >= 11 is 0. The number of hydrogen-bond donors (Lipinski definition) is 1. The maximum absolute atomic E-state index is 13.1. The Labute approximate surface area is 176 Å². The molecule has 1 heterocycles. The Bertz CT molecular complexity index is 615. The van der Waals surface area contributed by atoms with Gasteiger partial charge in [0, 0.05) is 13.6 Å². The van der Waals surface area contributed by atoms with E-state index in [2.05, 4.69) is 33.9 Å². The van der Waals surface area contributed by atoms with E-state index in [4.69, 9.17) is 4.43 Å². The second-order valence-electron chi connectivity index (χ2n) is 10.1. The zero-order chi connectivity index (χ0) is 22.7. The van der Waals surface area contributed by atoms with Crippen molar-refractivity contribution in [3.8, 4) is 0 Å². The Balaban J connectivity index is 2.94. The van der Waals surface area contributed by atoms with Crippen molar-refractivity contribution in [2.24, 2.45) is 5.92 Å². The standard InChI is InChI=1S/C21H40N2O5Si/c1-14(2)13-17(20(26)27)22(7)19(25)16-11-10-12-23(16)18(24)15(3)28-29(8,9)21(4,5)6/h14-17H,10-13H2,1-9H3,(H,26,27)/t15-,16-,17+/m0/s1. The number of likely N-dealkylation sites (tertiary alicyclic amines) is 1. The molecule has 168 valence electrons. The summed E-state index contributed by atoms with van der Waals surface area (Å²) in [5.41, 5.74) is 0. The van der Waals surface area contributed by atoms with Crippen LogP contribution in [0.15, 0.2) is 0 Å². The van der Waals surface area contributed by atoms with Crippen LogP contribution in [0, 0.1) is 5.92 Å². The van der Waals surface area contributed by atoms with Crippen molar-refractivity contribution in [3.05, 3.63) is 0 Å². The maximum atomic E-state index is 13.1. The van der Waals surface area contributed by atoms with Gasteiger partial charge in [-0.1, -0.05) is 34.6 Å². The summed E-state index contributed by atoms with van der Waals surface area (Å²) in [6, 6.07) is -1.51. The van der Waals surface area contributed by atoms with E-state index in [1.807, 2.05) is 13.8 Å². The normalized spacial score (nSPS) is 19.9. The molecule has 1 aliphatic heterocycles. The molecule has 1 N–H and O–H groups in total. The van der Waals surface area contributed by atoms with Crippen molar-refractivity contribution in [2.45, 2.75) is 97.1 Å². The van der Waals surface area contributed by atoms with Gasteiger partial charge in [0.1, 0.15) is 18.2 Å². The smallest absolute Gasteiger partial charge is 0.326 e. The van der Waals surface area contributed by atoms with E-state index in [9.17, 15) is 19.5 Å². The molecular weight excluding hydrogens is 388 g/mol. The van der Waals surface area contributed by atoms with Crippen molar-refractivity contribution < 1.29 is 23.9 Å². The number of likely N-dealkylation sites (N-methyl/N-ethyl adjacent to an activating group) is 1. The van der Waals surface area contributed by atoms with Crippen molar-refractivity contribution in [2.75, 3.05) is 13.6 Å². The van der Waals surface area contributed by atoms with Gasteiger partial charge in [0.05, 0.1) is 0 Å². The SMILES string of the molecule is CC(C)C[C@H](C(=O)O)N(C)C(=O)[C@@H]1CCCN1C(=O)[C@H](C)O[Si](C)(C)C(C)(C)C. The predicted octanol–water partition coefficient (Wildman–Crippen LogP) is 3.35. The van der Waals surface area contributed by atoms with Crippen LogP contribution in [0.4, 0.5) is 0 Å². The highest BCUT2D eigenvalue weighted by molar-refractivity contribution is 6.74. The number of carboxylic acids is 1. The summed E-state index contributed by atoms with van der Waals surface area (Å²) in [6.07, 6.45) is 1.03. The van der Waals surface area contributed by atoms with Crippen LogP contribution >= 0.6 is 0 Å². The number of hydrogen-bond acceptors (Lipinski definition) is 4. The molecule has 7 nitrogen and oxygen atoms in total. The molecule has 1 fully saturated rings. The summed E-state index contributed by atoms with van der Waals surface area (Å²) in [5.74, 6) is -1.36. The average Bonchev–Trinajstić information content (AvgIpc) is 3.05. The zero-order valence-corrected chi connectivity index (χ0v) is 20.6. The van der Waals surface area contributed by atoms with Crippen LogP contribution in [0.3, 0.4) is 0 Å². The molecular formula is C21H40N2O5Si. The first-order chi connectivity index (χ1) is 13.1. The molecule has 0 aliphatic carbocycles. The molecule has 1 rings (SSSR count). The summed E-state index contributed by atoms with van der Waals surface area (Å²) in [4.78, 5) is 40.8. The molecule has 0 bridgehead atoms. The quantitative estimate of drug-likeness (QED) is 0.599. The van der Waals surface area contributed by atoms with E-state index < -0.39 is 32.5 Å². The summed E-state index contributed by atoms with van der Waals surface area (Å²) in [5, 5.41) is 9.54. The Hall–Kier alpha value is -1.41. The third-order valence-electron chi connectivity index (χ3n) is 6.24. The molecule has 29 heavy (non-hydrogen) atoms. The van der Waals surface area contributed by atoms with Gasteiger partial charge >= 0.3 is 5.97 Å². The summed E-state index contributed by atoms with van der Waals surface area (Å²) in [7, 11) is -0.597. The molecule has 0 aromatic heterocycles. The van der Waals surface area contributed by atoms with E-state index in [0.717, 1.165) is 6.42 Å². The molecule has 1 saturated heterocycles. The van der Waals surface area contributed by atoms with Gasteiger partial charge < -0.3 is 19.3 Å². The number of carbonyl (C=O) groups excluding carboxylic acids is 2. The predicted molar refractivity (Wildman–Crippen MR) is 116 cm³/mol. The van der Waals surface area contributed by atoms with Gasteiger partial charge in [0.15, 0.2) is 8.32 Å². The lowest BCUT2D eigenvalue weighted by molar-refractivity contribution is -0.154. The fraction of sp³-hybridized carbons (Fsp3) is 0.857. The van der Waals surface area contributed by atoms with E-state index in [-0.39, 0.29) is 22.8 Å². The maximum Gasteiger partial charge on any atom is 0.326 e. The largest absolute Gasteiger partial charge is 0.480 e. The lowest BCUT2D eigenvalue weighted by Gasteiger charge is -2.39. The van der Waals surface area contributed by atoms with E-state index in [0.29, 0.717) is 19.4 Å². The number of carboxylic acid groups (broad SMARTS) is 1. The minimum atomic E-state index is -2.12. The third kappa shape index (κ3) is 6.28.